The lowest BCUT2D eigenvalue weighted by atomic mass is 10.1. The molecule has 4 aromatic rings. The minimum Gasteiger partial charge on any atom is -0.384 e. The SMILES string of the molecule is CC(C)(O)c1cn(-c2ccc(-c3ccc(F)c(Cl)c3)cc2)c(-c2ccccc2F)n1. The zero-order valence-electron chi connectivity index (χ0n) is 16.4. The van der Waals surface area contributed by atoms with Gasteiger partial charge in [0.25, 0.3) is 0 Å². The molecular formula is C24H19ClF2N2O. The molecule has 1 N–H and O–H groups in total. The maximum atomic E-state index is 14.5. The monoisotopic (exact) mass is 424 g/mol. The van der Waals surface area contributed by atoms with E-state index in [9.17, 15) is 13.9 Å². The number of nitrogens with zero attached hydrogens (tertiary/aromatic N) is 2. The molecule has 0 fully saturated rings. The Morgan fingerprint density at radius 3 is 2.20 bits per heavy atom. The maximum Gasteiger partial charge on any atom is 0.147 e. The number of imidazole rings is 1. The molecule has 3 aromatic carbocycles. The van der Waals surface area contributed by atoms with Crippen LogP contribution >= 0.6 is 11.6 Å². The summed E-state index contributed by atoms with van der Waals surface area (Å²) in [4.78, 5) is 4.50. The molecule has 1 heterocycles. The van der Waals surface area contributed by atoms with Crippen LogP contribution in [0.25, 0.3) is 28.2 Å². The lowest BCUT2D eigenvalue weighted by molar-refractivity contribution is 0.0743. The quantitative estimate of drug-likeness (QED) is 0.413. The summed E-state index contributed by atoms with van der Waals surface area (Å²) < 4.78 is 29.7. The maximum absolute atomic E-state index is 14.5. The Morgan fingerprint density at radius 1 is 0.900 bits per heavy atom. The van der Waals surface area contributed by atoms with Gasteiger partial charge in [0.05, 0.1) is 16.3 Å². The largest absolute Gasteiger partial charge is 0.384 e. The number of hydrogen-bond acceptors (Lipinski definition) is 2. The van der Waals surface area contributed by atoms with E-state index in [4.69, 9.17) is 11.6 Å². The molecule has 0 radical (unpaired) electrons. The van der Waals surface area contributed by atoms with Crippen molar-refractivity contribution in [3.05, 3.63) is 95.3 Å². The Hall–Kier alpha value is -3.02. The Morgan fingerprint density at radius 2 is 1.57 bits per heavy atom. The fraction of sp³-hybridized carbons (Fsp3) is 0.125. The van der Waals surface area contributed by atoms with Crippen LogP contribution in [0.2, 0.25) is 5.02 Å². The van der Waals surface area contributed by atoms with E-state index in [0.717, 1.165) is 16.8 Å². The van der Waals surface area contributed by atoms with Crippen molar-refractivity contribution in [1.82, 2.24) is 9.55 Å². The third kappa shape index (κ3) is 3.86. The number of halogens is 3. The van der Waals surface area contributed by atoms with E-state index in [1.54, 1.807) is 54.9 Å². The van der Waals surface area contributed by atoms with Gasteiger partial charge in [0.1, 0.15) is 23.1 Å². The Bertz CT molecular complexity index is 1210. The van der Waals surface area contributed by atoms with Gasteiger partial charge >= 0.3 is 0 Å². The number of aliphatic hydroxyl groups is 1. The highest BCUT2D eigenvalue weighted by Gasteiger charge is 2.24. The van der Waals surface area contributed by atoms with Gasteiger partial charge in [-0.2, -0.15) is 0 Å². The van der Waals surface area contributed by atoms with E-state index in [-0.39, 0.29) is 5.02 Å². The summed E-state index contributed by atoms with van der Waals surface area (Å²) in [5, 5.41) is 10.5. The van der Waals surface area contributed by atoms with Gasteiger partial charge in [-0.15, -0.1) is 0 Å². The first-order valence-corrected chi connectivity index (χ1v) is 9.75. The van der Waals surface area contributed by atoms with Crippen molar-refractivity contribution >= 4 is 11.6 Å². The van der Waals surface area contributed by atoms with Crippen molar-refractivity contribution in [2.45, 2.75) is 19.4 Å². The third-order valence-electron chi connectivity index (χ3n) is 4.85. The second kappa shape index (κ2) is 7.67. The normalized spacial score (nSPS) is 11.7. The Kier molecular flexibility index (Phi) is 5.18. The van der Waals surface area contributed by atoms with E-state index in [1.807, 2.05) is 24.3 Å². The van der Waals surface area contributed by atoms with Crippen molar-refractivity contribution in [2.75, 3.05) is 0 Å². The molecule has 3 nitrogen and oxygen atoms in total. The highest BCUT2D eigenvalue weighted by Crippen LogP contribution is 2.31. The fourth-order valence-corrected chi connectivity index (χ4v) is 3.38. The lowest BCUT2D eigenvalue weighted by Crippen LogP contribution is -2.15. The fourth-order valence-electron chi connectivity index (χ4n) is 3.19. The predicted molar refractivity (Wildman–Crippen MR) is 115 cm³/mol. The summed E-state index contributed by atoms with van der Waals surface area (Å²) >= 11 is 5.89. The minimum absolute atomic E-state index is 0.0582. The molecule has 0 unspecified atom stereocenters. The van der Waals surface area contributed by atoms with Crippen LogP contribution < -0.4 is 0 Å². The Balaban J connectivity index is 1.80. The van der Waals surface area contributed by atoms with Crippen LogP contribution in [0.5, 0.6) is 0 Å². The topological polar surface area (TPSA) is 38.0 Å². The van der Waals surface area contributed by atoms with Crippen molar-refractivity contribution in [1.29, 1.82) is 0 Å². The van der Waals surface area contributed by atoms with Crippen molar-refractivity contribution in [3.8, 4) is 28.2 Å². The first-order valence-electron chi connectivity index (χ1n) is 9.37. The molecule has 0 aliphatic carbocycles. The molecule has 152 valence electrons. The van der Waals surface area contributed by atoms with E-state index in [2.05, 4.69) is 4.98 Å². The molecule has 1 aromatic heterocycles. The van der Waals surface area contributed by atoms with E-state index < -0.39 is 17.2 Å². The number of hydrogen-bond donors (Lipinski definition) is 1. The minimum atomic E-state index is -1.18. The van der Waals surface area contributed by atoms with Gasteiger partial charge < -0.3 is 5.11 Å². The van der Waals surface area contributed by atoms with Gasteiger partial charge in [-0.3, -0.25) is 4.57 Å². The zero-order valence-corrected chi connectivity index (χ0v) is 17.2. The summed E-state index contributed by atoms with van der Waals surface area (Å²) in [6.07, 6.45) is 1.70. The van der Waals surface area contributed by atoms with Gasteiger partial charge in [-0.25, -0.2) is 13.8 Å². The Labute approximate surface area is 178 Å². The zero-order chi connectivity index (χ0) is 21.5. The lowest BCUT2D eigenvalue weighted by Gasteiger charge is -2.13. The summed E-state index contributed by atoms with van der Waals surface area (Å²) in [6, 6.07) is 18.4. The van der Waals surface area contributed by atoms with Crippen LogP contribution in [0.3, 0.4) is 0 Å². The first kappa shape index (κ1) is 20.3. The van der Waals surface area contributed by atoms with Crippen LogP contribution in [0.15, 0.2) is 72.9 Å². The smallest absolute Gasteiger partial charge is 0.147 e. The molecular weight excluding hydrogens is 406 g/mol. The second-order valence-electron chi connectivity index (χ2n) is 7.53. The highest BCUT2D eigenvalue weighted by atomic mass is 35.5. The number of rotatable bonds is 4. The average molecular weight is 425 g/mol. The average Bonchev–Trinajstić information content (AvgIpc) is 3.16. The van der Waals surface area contributed by atoms with Crippen LogP contribution in [0.4, 0.5) is 8.78 Å². The van der Waals surface area contributed by atoms with Crippen LogP contribution in [-0.2, 0) is 5.60 Å². The summed E-state index contributed by atoms with van der Waals surface area (Å²) in [5.41, 5.74) is 1.96. The summed E-state index contributed by atoms with van der Waals surface area (Å²) in [6.45, 7) is 3.26. The van der Waals surface area contributed by atoms with Gasteiger partial charge in [0.15, 0.2) is 0 Å². The van der Waals surface area contributed by atoms with Crippen LogP contribution in [0.1, 0.15) is 19.5 Å². The summed E-state index contributed by atoms with van der Waals surface area (Å²) in [5.74, 6) is -0.476. The summed E-state index contributed by atoms with van der Waals surface area (Å²) in [7, 11) is 0. The number of aromatic nitrogens is 2. The number of benzene rings is 3. The van der Waals surface area contributed by atoms with Gasteiger partial charge in [-0.05, 0) is 61.4 Å². The predicted octanol–water partition coefficient (Wildman–Crippen LogP) is 6.37. The first-order chi connectivity index (χ1) is 14.2. The highest BCUT2D eigenvalue weighted by molar-refractivity contribution is 6.31. The molecule has 0 aliphatic heterocycles. The molecule has 0 saturated carbocycles. The van der Waals surface area contributed by atoms with Crippen LogP contribution in [0, 0.1) is 11.6 Å². The molecule has 4 rings (SSSR count). The molecule has 0 saturated heterocycles. The third-order valence-corrected chi connectivity index (χ3v) is 5.14. The van der Waals surface area contributed by atoms with Crippen molar-refractivity contribution in [2.24, 2.45) is 0 Å². The molecule has 0 bridgehead atoms. The van der Waals surface area contributed by atoms with Gasteiger partial charge in [0.2, 0.25) is 0 Å². The molecule has 0 atom stereocenters. The van der Waals surface area contributed by atoms with Crippen LogP contribution in [-0.4, -0.2) is 14.7 Å². The van der Waals surface area contributed by atoms with E-state index >= 15 is 0 Å². The standard InChI is InChI=1S/C24H19ClF2N2O/c1-24(2,30)22-14-29(23(28-22)18-5-3-4-6-20(18)26)17-10-7-15(8-11-17)16-9-12-21(27)19(25)13-16/h3-14,30H,1-2H3. The molecule has 0 amide bonds. The van der Waals surface area contributed by atoms with E-state index in [0.29, 0.717) is 17.1 Å². The molecule has 6 heteroatoms. The van der Waals surface area contributed by atoms with Gasteiger partial charge in [0, 0.05) is 11.9 Å². The molecule has 0 aliphatic rings. The molecule has 30 heavy (non-hydrogen) atoms. The van der Waals surface area contributed by atoms with Crippen molar-refractivity contribution in [3.63, 3.8) is 0 Å². The molecule has 0 spiro atoms. The second-order valence-corrected chi connectivity index (χ2v) is 7.94. The van der Waals surface area contributed by atoms with E-state index in [1.165, 1.54) is 12.1 Å². The van der Waals surface area contributed by atoms with Crippen molar-refractivity contribution < 1.29 is 13.9 Å². The van der Waals surface area contributed by atoms with Gasteiger partial charge in [-0.1, -0.05) is 41.9 Å².